The van der Waals surface area contributed by atoms with E-state index in [0.717, 1.165) is 18.8 Å². The van der Waals surface area contributed by atoms with E-state index in [0.29, 0.717) is 6.42 Å². The molecule has 0 N–H and O–H groups in total. The molecule has 0 aliphatic rings. The molecule has 0 saturated carbocycles. The highest BCUT2D eigenvalue weighted by atomic mass is 14.2. The number of allylic oxidation sites excluding steroid dienone is 2. The van der Waals surface area contributed by atoms with Crippen LogP contribution >= 0.6 is 0 Å². The van der Waals surface area contributed by atoms with Crippen molar-refractivity contribution >= 4 is 0 Å². The number of nitriles is 1. The van der Waals surface area contributed by atoms with Crippen LogP contribution in [0.5, 0.6) is 0 Å². The Labute approximate surface area is 69.7 Å². The number of hydrogen-bond acceptors (Lipinski definition) is 1. The van der Waals surface area contributed by atoms with E-state index in [9.17, 15) is 0 Å². The average molecular weight is 151 g/mol. The lowest BCUT2D eigenvalue weighted by Gasteiger charge is -2.01. The summed E-state index contributed by atoms with van der Waals surface area (Å²) in [6.45, 7) is 4.45. The van der Waals surface area contributed by atoms with Crippen molar-refractivity contribution in [1.82, 2.24) is 0 Å². The predicted molar refractivity (Wildman–Crippen MR) is 48.1 cm³/mol. The van der Waals surface area contributed by atoms with Crippen molar-refractivity contribution < 1.29 is 0 Å². The zero-order chi connectivity index (χ0) is 8.53. The van der Waals surface area contributed by atoms with Crippen molar-refractivity contribution in [2.24, 2.45) is 5.92 Å². The fraction of sp³-hybridized carbons (Fsp3) is 0.700. The van der Waals surface area contributed by atoms with E-state index >= 15 is 0 Å². The molecule has 0 bridgehead atoms. The Morgan fingerprint density at radius 1 is 1.45 bits per heavy atom. The lowest BCUT2D eigenvalue weighted by molar-refractivity contribution is 0.571. The normalized spacial score (nSPS) is 13.2. The van der Waals surface area contributed by atoms with E-state index < -0.39 is 0 Å². The third-order valence-electron chi connectivity index (χ3n) is 1.82. The molecule has 0 rings (SSSR count). The van der Waals surface area contributed by atoms with E-state index in [4.69, 9.17) is 5.26 Å². The van der Waals surface area contributed by atoms with Gasteiger partial charge in [0.25, 0.3) is 0 Å². The molecule has 0 amide bonds. The van der Waals surface area contributed by atoms with Gasteiger partial charge in [-0.05, 0) is 18.8 Å². The van der Waals surface area contributed by atoms with Crippen molar-refractivity contribution in [2.45, 2.75) is 39.5 Å². The average Bonchev–Trinajstić information content (AvgIpc) is 2.04. The van der Waals surface area contributed by atoms with Gasteiger partial charge in [-0.15, -0.1) is 0 Å². The van der Waals surface area contributed by atoms with Gasteiger partial charge >= 0.3 is 0 Å². The molecule has 0 heterocycles. The minimum absolute atomic E-state index is 0.650. The Kier molecular flexibility index (Phi) is 6.82. The van der Waals surface area contributed by atoms with E-state index in [2.05, 4.69) is 32.1 Å². The first-order valence-corrected chi connectivity index (χ1v) is 4.33. The SMILES string of the molecule is CC[C@H](C)C/C=C/CCC#N. The van der Waals surface area contributed by atoms with Crippen LogP contribution in [-0.4, -0.2) is 0 Å². The first-order chi connectivity index (χ1) is 5.31. The van der Waals surface area contributed by atoms with Crippen LogP contribution in [0.3, 0.4) is 0 Å². The summed E-state index contributed by atoms with van der Waals surface area (Å²) in [5.41, 5.74) is 0. The molecule has 0 aromatic carbocycles. The molecule has 0 aliphatic heterocycles. The second-order valence-corrected chi connectivity index (χ2v) is 2.92. The summed E-state index contributed by atoms with van der Waals surface area (Å²) in [5.74, 6) is 0.785. The van der Waals surface area contributed by atoms with Gasteiger partial charge in [0, 0.05) is 6.42 Å². The zero-order valence-corrected chi connectivity index (χ0v) is 7.51. The van der Waals surface area contributed by atoms with Gasteiger partial charge in [-0.3, -0.25) is 0 Å². The standard InChI is InChI=1S/C10H17N/c1-3-10(2)8-6-4-5-7-9-11/h4,6,10H,3,5,7-8H2,1-2H3/b6-4+/t10-/m0/s1. The van der Waals surface area contributed by atoms with Crippen molar-refractivity contribution in [3.63, 3.8) is 0 Å². The van der Waals surface area contributed by atoms with E-state index in [1.807, 2.05) is 0 Å². The van der Waals surface area contributed by atoms with Crippen molar-refractivity contribution in [3.8, 4) is 6.07 Å². The minimum atomic E-state index is 0.650. The Hall–Kier alpha value is -0.770. The highest BCUT2D eigenvalue weighted by Crippen LogP contribution is 2.06. The minimum Gasteiger partial charge on any atom is -0.198 e. The van der Waals surface area contributed by atoms with Crippen molar-refractivity contribution in [3.05, 3.63) is 12.2 Å². The van der Waals surface area contributed by atoms with Gasteiger partial charge < -0.3 is 0 Å². The van der Waals surface area contributed by atoms with Crippen LogP contribution in [0.15, 0.2) is 12.2 Å². The zero-order valence-electron chi connectivity index (χ0n) is 7.51. The molecule has 0 unspecified atom stereocenters. The van der Waals surface area contributed by atoms with E-state index in [1.54, 1.807) is 0 Å². The molecule has 0 radical (unpaired) electrons. The Bertz CT molecular complexity index is 141. The maximum Gasteiger partial charge on any atom is 0.0624 e. The maximum absolute atomic E-state index is 8.24. The highest BCUT2D eigenvalue weighted by Gasteiger charge is 1.92. The third kappa shape index (κ3) is 7.12. The summed E-state index contributed by atoms with van der Waals surface area (Å²) >= 11 is 0. The summed E-state index contributed by atoms with van der Waals surface area (Å²) in [6, 6.07) is 2.12. The maximum atomic E-state index is 8.24. The first-order valence-electron chi connectivity index (χ1n) is 4.33. The highest BCUT2D eigenvalue weighted by molar-refractivity contribution is 4.86. The van der Waals surface area contributed by atoms with Crippen LogP contribution in [0.25, 0.3) is 0 Å². The molecule has 1 atom stereocenters. The quantitative estimate of drug-likeness (QED) is 0.437. The van der Waals surface area contributed by atoms with Gasteiger partial charge in [0.1, 0.15) is 0 Å². The lowest BCUT2D eigenvalue weighted by atomic mass is 10.1. The van der Waals surface area contributed by atoms with Crippen LogP contribution in [0.2, 0.25) is 0 Å². The molecule has 1 heteroatoms. The molecule has 0 fully saturated rings. The lowest BCUT2D eigenvalue weighted by Crippen LogP contribution is -1.87. The summed E-state index contributed by atoms with van der Waals surface area (Å²) in [7, 11) is 0. The second-order valence-electron chi connectivity index (χ2n) is 2.92. The topological polar surface area (TPSA) is 23.8 Å². The third-order valence-corrected chi connectivity index (χ3v) is 1.82. The number of unbranched alkanes of at least 4 members (excludes halogenated alkanes) is 1. The second kappa shape index (κ2) is 7.34. The van der Waals surface area contributed by atoms with E-state index in [1.165, 1.54) is 6.42 Å². The molecular formula is C10H17N. The number of nitrogens with zero attached hydrogens (tertiary/aromatic N) is 1. The van der Waals surface area contributed by atoms with Crippen molar-refractivity contribution in [1.29, 1.82) is 5.26 Å². The number of hydrogen-bond donors (Lipinski definition) is 0. The first kappa shape index (κ1) is 10.2. The smallest absolute Gasteiger partial charge is 0.0624 e. The Morgan fingerprint density at radius 2 is 2.18 bits per heavy atom. The molecule has 11 heavy (non-hydrogen) atoms. The Morgan fingerprint density at radius 3 is 2.73 bits per heavy atom. The van der Waals surface area contributed by atoms with Crippen LogP contribution in [-0.2, 0) is 0 Å². The molecule has 0 aromatic rings. The molecule has 0 aliphatic carbocycles. The molecule has 62 valence electrons. The van der Waals surface area contributed by atoms with Crippen LogP contribution in [0.4, 0.5) is 0 Å². The van der Waals surface area contributed by atoms with E-state index in [-0.39, 0.29) is 0 Å². The van der Waals surface area contributed by atoms with Gasteiger partial charge in [-0.1, -0.05) is 32.4 Å². The summed E-state index contributed by atoms with van der Waals surface area (Å²) in [5, 5.41) is 8.24. The molecule has 0 saturated heterocycles. The van der Waals surface area contributed by atoms with Gasteiger partial charge in [0.05, 0.1) is 6.07 Å². The van der Waals surface area contributed by atoms with Crippen molar-refractivity contribution in [2.75, 3.05) is 0 Å². The van der Waals surface area contributed by atoms with Gasteiger partial charge in [0.2, 0.25) is 0 Å². The fourth-order valence-corrected chi connectivity index (χ4v) is 0.761. The molecule has 1 nitrogen and oxygen atoms in total. The largest absolute Gasteiger partial charge is 0.198 e. The number of rotatable bonds is 5. The monoisotopic (exact) mass is 151 g/mol. The fourth-order valence-electron chi connectivity index (χ4n) is 0.761. The summed E-state index contributed by atoms with van der Waals surface area (Å²) < 4.78 is 0. The van der Waals surface area contributed by atoms with Gasteiger partial charge in [-0.25, -0.2) is 0 Å². The van der Waals surface area contributed by atoms with Crippen LogP contribution < -0.4 is 0 Å². The van der Waals surface area contributed by atoms with Gasteiger partial charge in [0.15, 0.2) is 0 Å². The van der Waals surface area contributed by atoms with Crippen LogP contribution in [0, 0.1) is 17.2 Å². The molecular weight excluding hydrogens is 134 g/mol. The Balaban J connectivity index is 3.23. The van der Waals surface area contributed by atoms with Crippen LogP contribution in [0.1, 0.15) is 39.5 Å². The summed E-state index contributed by atoms with van der Waals surface area (Å²) in [6.07, 6.45) is 8.25. The predicted octanol–water partition coefficient (Wildman–Crippen LogP) is 3.28. The summed E-state index contributed by atoms with van der Waals surface area (Å²) in [4.78, 5) is 0. The molecule has 0 aromatic heterocycles. The van der Waals surface area contributed by atoms with Gasteiger partial charge in [-0.2, -0.15) is 5.26 Å². The molecule has 0 spiro atoms.